The van der Waals surface area contributed by atoms with E-state index in [0.29, 0.717) is 12.5 Å². The summed E-state index contributed by atoms with van der Waals surface area (Å²) < 4.78 is 4.61. The molecule has 0 unspecified atom stereocenters. The standard InChI is InChI=1S/C8H17NO3S/c1-4-12-5-13-8(2,3)6(9)7(10)11/h6H,4-5,9H2,1-3H3,(H,10,11)/t6-/m0/s1. The monoisotopic (exact) mass is 207 g/mol. The van der Waals surface area contributed by atoms with Gasteiger partial charge in [-0.1, -0.05) is 0 Å². The number of hydrogen-bond acceptors (Lipinski definition) is 4. The zero-order chi connectivity index (χ0) is 10.5. The average Bonchev–Trinajstić information content (AvgIpc) is 2.03. The van der Waals surface area contributed by atoms with Gasteiger partial charge >= 0.3 is 5.97 Å². The van der Waals surface area contributed by atoms with Gasteiger partial charge in [0.25, 0.3) is 0 Å². The molecule has 1 atom stereocenters. The van der Waals surface area contributed by atoms with Crippen LogP contribution >= 0.6 is 11.8 Å². The number of carboxylic acids is 1. The molecular formula is C8H17NO3S. The molecular weight excluding hydrogens is 190 g/mol. The molecule has 0 bridgehead atoms. The van der Waals surface area contributed by atoms with Crippen LogP contribution in [0.4, 0.5) is 0 Å². The maximum Gasteiger partial charge on any atom is 0.321 e. The summed E-state index contributed by atoms with van der Waals surface area (Å²) in [7, 11) is 0. The molecule has 0 fully saturated rings. The van der Waals surface area contributed by atoms with Crippen LogP contribution in [0.15, 0.2) is 0 Å². The number of hydrogen-bond donors (Lipinski definition) is 2. The van der Waals surface area contributed by atoms with Gasteiger partial charge in [-0.2, -0.15) is 0 Å². The second-order valence-electron chi connectivity index (χ2n) is 3.17. The van der Waals surface area contributed by atoms with E-state index in [1.165, 1.54) is 11.8 Å². The van der Waals surface area contributed by atoms with Crippen molar-refractivity contribution in [2.45, 2.75) is 31.6 Å². The first kappa shape index (κ1) is 12.7. The van der Waals surface area contributed by atoms with Crippen molar-refractivity contribution >= 4 is 17.7 Å². The van der Waals surface area contributed by atoms with Crippen LogP contribution in [0.1, 0.15) is 20.8 Å². The molecule has 0 saturated heterocycles. The van der Waals surface area contributed by atoms with E-state index in [9.17, 15) is 4.79 Å². The summed E-state index contributed by atoms with van der Waals surface area (Å²) in [5.41, 5.74) is 5.50. The van der Waals surface area contributed by atoms with Gasteiger partial charge in [-0.3, -0.25) is 4.79 Å². The van der Waals surface area contributed by atoms with Crippen molar-refractivity contribution in [3.05, 3.63) is 0 Å². The molecule has 78 valence electrons. The van der Waals surface area contributed by atoms with Crippen LogP contribution < -0.4 is 5.73 Å². The summed E-state index contributed by atoms with van der Waals surface area (Å²) in [6.45, 7) is 6.13. The molecule has 0 aliphatic heterocycles. The number of rotatable bonds is 6. The predicted octanol–water partition coefficient (Wildman–Crippen LogP) is 0.904. The van der Waals surface area contributed by atoms with Gasteiger partial charge in [0.15, 0.2) is 0 Å². The van der Waals surface area contributed by atoms with E-state index < -0.39 is 16.8 Å². The number of carboxylic acid groups (broad SMARTS) is 1. The fourth-order valence-corrected chi connectivity index (χ4v) is 1.50. The average molecular weight is 207 g/mol. The SMILES string of the molecule is CCOCSC(C)(C)[C@@H](N)C(=O)O. The zero-order valence-electron chi connectivity index (χ0n) is 8.24. The molecule has 0 radical (unpaired) electrons. The molecule has 5 heteroatoms. The molecule has 0 saturated carbocycles. The third-order valence-corrected chi connectivity index (χ3v) is 3.02. The predicted molar refractivity (Wildman–Crippen MR) is 53.8 cm³/mol. The number of nitrogens with two attached hydrogens (primary N) is 1. The Bertz CT molecular complexity index is 173. The Kier molecular flexibility index (Phi) is 5.36. The Morgan fingerprint density at radius 3 is 2.62 bits per heavy atom. The minimum Gasteiger partial charge on any atom is -0.480 e. The van der Waals surface area contributed by atoms with E-state index in [0.717, 1.165) is 0 Å². The van der Waals surface area contributed by atoms with Crippen molar-refractivity contribution < 1.29 is 14.6 Å². The highest BCUT2D eigenvalue weighted by atomic mass is 32.2. The fraction of sp³-hybridized carbons (Fsp3) is 0.875. The topological polar surface area (TPSA) is 72.5 Å². The summed E-state index contributed by atoms with van der Waals surface area (Å²) >= 11 is 1.41. The lowest BCUT2D eigenvalue weighted by atomic mass is 10.1. The maximum atomic E-state index is 10.6. The van der Waals surface area contributed by atoms with Gasteiger partial charge in [0, 0.05) is 11.4 Å². The molecule has 0 aliphatic rings. The van der Waals surface area contributed by atoms with E-state index >= 15 is 0 Å². The van der Waals surface area contributed by atoms with Crippen molar-refractivity contribution in [1.82, 2.24) is 0 Å². The van der Waals surface area contributed by atoms with E-state index in [4.69, 9.17) is 15.6 Å². The van der Waals surface area contributed by atoms with Crippen LogP contribution in [0.2, 0.25) is 0 Å². The molecule has 0 spiro atoms. The summed E-state index contributed by atoms with van der Waals surface area (Å²) in [5.74, 6) is -0.501. The van der Waals surface area contributed by atoms with Gasteiger partial charge in [0.05, 0.1) is 5.94 Å². The first-order chi connectivity index (χ1) is 5.91. The molecule has 0 aliphatic carbocycles. The Morgan fingerprint density at radius 2 is 2.23 bits per heavy atom. The van der Waals surface area contributed by atoms with Crippen LogP contribution in [-0.2, 0) is 9.53 Å². The van der Waals surface area contributed by atoms with Gasteiger partial charge in [-0.15, -0.1) is 11.8 Å². The molecule has 0 aromatic heterocycles. The van der Waals surface area contributed by atoms with Crippen LogP contribution in [-0.4, -0.2) is 34.4 Å². The van der Waals surface area contributed by atoms with Crippen molar-refractivity contribution in [3.8, 4) is 0 Å². The van der Waals surface area contributed by atoms with E-state index in [-0.39, 0.29) is 0 Å². The van der Waals surface area contributed by atoms with Gasteiger partial charge in [-0.05, 0) is 20.8 Å². The van der Waals surface area contributed by atoms with Gasteiger partial charge < -0.3 is 15.6 Å². The van der Waals surface area contributed by atoms with Crippen LogP contribution in [0, 0.1) is 0 Å². The molecule has 13 heavy (non-hydrogen) atoms. The van der Waals surface area contributed by atoms with Gasteiger partial charge in [0.2, 0.25) is 0 Å². The van der Waals surface area contributed by atoms with E-state index in [1.807, 2.05) is 6.92 Å². The van der Waals surface area contributed by atoms with Gasteiger partial charge in [0.1, 0.15) is 6.04 Å². The molecule has 4 nitrogen and oxygen atoms in total. The summed E-state index contributed by atoms with van der Waals surface area (Å²) in [4.78, 5) is 10.6. The van der Waals surface area contributed by atoms with E-state index in [1.54, 1.807) is 13.8 Å². The van der Waals surface area contributed by atoms with Crippen molar-refractivity contribution in [1.29, 1.82) is 0 Å². The lowest BCUT2D eigenvalue weighted by molar-refractivity contribution is -0.139. The smallest absolute Gasteiger partial charge is 0.321 e. The lowest BCUT2D eigenvalue weighted by Gasteiger charge is -2.27. The number of ether oxygens (including phenoxy) is 1. The van der Waals surface area contributed by atoms with Crippen molar-refractivity contribution in [3.63, 3.8) is 0 Å². The van der Waals surface area contributed by atoms with Crippen molar-refractivity contribution in [2.24, 2.45) is 5.73 Å². The molecule has 0 aromatic rings. The molecule has 3 N–H and O–H groups in total. The van der Waals surface area contributed by atoms with Crippen molar-refractivity contribution in [2.75, 3.05) is 12.5 Å². The third-order valence-electron chi connectivity index (χ3n) is 1.73. The lowest BCUT2D eigenvalue weighted by Crippen LogP contribution is -2.46. The first-order valence-electron chi connectivity index (χ1n) is 4.12. The minimum atomic E-state index is -0.978. The number of carbonyl (C=O) groups is 1. The number of aliphatic carboxylic acids is 1. The quantitative estimate of drug-likeness (QED) is 0.500. The maximum absolute atomic E-state index is 10.6. The largest absolute Gasteiger partial charge is 0.480 e. The van der Waals surface area contributed by atoms with Gasteiger partial charge in [-0.25, -0.2) is 0 Å². The second kappa shape index (κ2) is 5.47. The van der Waals surface area contributed by atoms with Crippen LogP contribution in [0.5, 0.6) is 0 Å². The summed E-state index contributed by atoms with van der Waals surface area (Å²) in [6.07, 6.45) is 0. The molecule has 0 amide bonds. The number of thioether (sulfide) groups is 1. The molecule has 0 aromatic carbocycles. The first-order valence-corrected chi connectivity index (χ1v) is 5.10. The highest BCUT2D eigenvalue weighted by molar-refractivity contribution is 8.00. The highest BCUT2D eigenvalue weighted by Crippen LogP contribution is 2.27. The Morgan fingerprint density at radius 1 is 1.69 bits per heavy atom. The van der Waals surface area contributed by atoms with Crippen LogP contribution in [0.3, 0.4) is 0 Å². The Hall–Kier alpha value is -0.260. The Balaban J connectivity index is 3.98. The summed E-state index contributed by atoms with van der Waals surface area (Å²) in [5, 5.41) is 8.69. The molecule has 0 heterocycles. The fourth-order valence-electron chi connectivity index (χ4n) is 0.664. The summed E-state index contributed by atoms with van der Waals surface area (Å²) in [6, 6.07) is -0.863. The second-order valence-corrected chi connectivity index (χ2v) is 4.75. The minimum absolute atomic E-state index is 0.477. The Labute approximate surface area is 82.8 Å². The zero-order valence-corrected chi connectivity index (χ0v) is 9.06. The third kappa shape index (κ3) is 4.50. The normalized spacial score (nSPS) is 14.2. The highest BCUT2D eigenvalue weighted by Gasteiger charge is 2.32. The van der Waals surface area contributed by atoms with Crippen LogP contribution in [0.25, 0.3) is 0 Å². The van der Waals surface area contributed by atoms with E-state index in [2.05, 4.69) is 0 Å². The molecule has 0 rings (SSSR count).